The van der Waals surface area contributed by atoms with Gasteiger partial charge in [-0.05, 0) is 24.8 Å². The van der Waals surface area contributed by atoms with Crippen LogP contribution in [0.2, 0.25) is 0 Å². The number of amides is 2. The molecule has 1 aliphatic carbocycles. The van der Waals surface area contributed by atoms with Crippen molar-refractivity contribution in [2.75, 3.05) is 26.3 Å². The van der Waals surface area contributed by atoms with Crippen molar-refractivity contribution in [1.29, 1.82) is 0 Å². The molecule has 5 heteroatoms. The van der Waals surface area contributed by atoms with Gasteiger partial charge in [-0.3, -0.25) is 19.6 Å². The van der Waals surface area contributed by atoms with Gasteiger partial charge in [0.1, 0.15) is 0 Å². The summed E-state index contributed by atoms with van der Waals surface area (Å²) in [5.74, 6) is 0.0142. The van der Waals surface area contributed by atoms with Crippen molar-refractivity contribution in [2.24, 2.45) is 0 Å². The molecule has 128 valence electrons. The molecule has 0 atom stereocenters. The van der Waals surface area contributed by atoms with Gasteiger partial charge in [0.2, 0.25) is 5.91 Å². The van der Waals surface area contributed by atoms with Gasteiger partial charge in [-0.25, -0.2) is 0 Å². The van der Waals surface area contributed by atoms with Crippen LogP contribution in [-0.4, -0.2) is 48.1 Å². The molecule has 5 nitrogen and oxygen atoms in total. The van der Waals surface area contributed by atoms with Gasteiger partial charge in [-0.2, -0.15) is 0 Å². The first-order chi connectivity index (χ1) is 11.7. The number of carbonyl (C=O) groups excluding carboxylic acids is 2. The Morgan fingerprint density at radius 3 is 2.54 bits per heavy atom. The lowest BCUT2D eigenvalue weighted by Gasteiger charge is -2.31. The summed E-state index contributed by atoms with van der Waals surface area (Å²) in [6.45, 7) is 5.60. The molecule has 3 rings (SSSR count). The molecule has 1 aromatic carbocycles. The highest BCUT2D eigenvalue weighted by Gasteiger charge is 2.54. The quantitative estimate of drug-likeness (QED) is 0.570. The highest BCUT2D eigenvalue weighted by molar-refractivity contribution is 5.93. The second kappa shape index (κ2) is 7.18. The molecule has 1 aromatic rings. The topological polar surface area (TPSA) is 49.9 Å². The molecule has 0 unspecified atom stereocenters. The van der Waals surface area contributed by atoms with Crippen molar-refractivity contribution in [1.82, 2.24) is 10.0 Å². The summed E-state index contributed by atoms with van der Waals surface area (Å²) in [6.07, 6.45) is 4.49. The average Bonchev–Trinajstić information content (AvgIpc) is 3.28. The van der Waals surface area contributed by atoms with E-state index in [1.807, 2.05) is 30.3 Å². The Kier molecular flexibility index (Phi) is 5.00. The summed E-state index contributed by atoms with van der Waals surface area (Å²) in [5.41, 5.74) is 0.632. The Balaban J connectivity index is 1.66. The minimum absolute atomic E-state index is 0.0474. The van der Waals surface area contributed by atoms with Gasteiger partial charge in [0.15, 0.2) is 0 Å². The Hall–Kier alpha value is -2.14. The van der Waals surface area contributed by atoms with Crippen LogP contribution in [0.3, 0.4) is 0 Å². The molecule has 0 spiro atoms. The van der Waals surface area contributed by atoms with Crippen molar-refractivity contribution < 1.29 is 14.3 Å². The summed E-state index contributed by atoms with van der Waals surface area (Å²) in [6, 6.07) is 9.91. The van der Waals surface area contributed by atoms with Crippen LogP contribution in [0.5, 0.6) is 0 Å². The third-order valence-corrected chi connectivity index (χ3v) is 4.74. The highest BCUT2D eigenvalue weighted by Crippen LogP contribution is 2.50. The SMILES string of the molecule is C=CCOCCC(=O)N1CCCN1C(=O)C1(c2ccccc2)CC1. The number of benzene rings is 1. The largest absolute Gasteiger partial charge is 0.377 e. The van der Waals surface area contributed by atoms with Crippen molar-refractivity contribution in [2.45, 2.75) is 31.1 Å². The number of hydrogen-bond acceptors (Lipinski definition) is 3. The summed E-state index contributed by atoms with van der Waals surface area (Å²) >= 11 is 0. The molecule has 1 heterocycles. The summed E-state index contributed by atoms with van der Waals surface area (Å²) < 4.78 is 5.29. The van der Waals surface area contributed by atoms with Gasteiger partial charge < -0.3 is 4.74 Å². The number of hydrogen-bond donors (Lipinski definition) is 0. The van der Waals surface area contributed by atoms with Crippen molar-refractivity contribution >= 4 is 11.8 Å². The van der Waals surface area contributed by atoms with Crippen LogP contribution in [-0.2, 0) is 19.7 Å². The van der Waals surface area contributed by atoms with Crippen LogP contribution in [0.25, 0.3) is 0 Å². The maximum atomic E-state index is 13.1. The van der Waals surface area contributed by atoms with E-state index >= 15 is 0 Å². The summed E-state index contributed by atoms with van der Waals surface area (Å²) in [4.78, 5) is 25.5. The third kappa shape index (κ3) is 3.22. The lowest BCUT2D eigenvalue weighted by atomic mass is 9.95. The zero-order valence-electron chi connectivity index (χ0n) is 13.9. The van der Waals surface area contributed by atoms with E-state index in [0.29, 0.717) is 26.3 Å². The predicted molar refractivity (Wildman–Crippen MR) is 91.0 cm³/mol. The first kappa shape index (κ1) is 16.7. The molecule has 2 aliphatic rings. The maximum absolute atomic E-state index is 13.1. The number of carbonyl (C=O) groups is 2. The lowest BCUT2D eigenvalue weighted by molar-refractivity contribution is -0.160. The van der Waals surface area contributed by atoms with Gasteiger partial charge in [0, 0.05) is 13.1 Å². The van der Waals surface area contributed by atoms with Gasteiger partial charge in [-0.15, -0.1) is 6.58 Å². The van der Waals surface area contributed by atoms with E-state index in [9.17, 15) is 9.59 Å². The molecule has 1 aliphatic heterocycles. The minimum Gasteiger partial charge on any atom is -0.377 e. The predicted octanol–water partition coefficient (Wildman–Crippen LogP) is 2.29. The summed E-state index contributed by atoms with van der Waals surface area (Å²) in [7, 11) is 0. The van der Waals surface area contributed by atoms with Crippen LogP contribution in [0.1, 0.15) is 31.2 Å². The monoisotopic (exact) mass is 328 g/mol. The van der Waals surface area contributed by atoms with Gasteiger partial charge in [0.05, 0.1) is 25.0 Å². The second-order valence-corrected chi connectivity index (χ2v) is 6.36. The van der Waals surface area contributed by atoms with Gasteiger partial charge >= 0.3 is 0 Å². The van der Waals surface area contributed by atoms with Crippen molar-refractivity contribution in [3.05, 3.63) is 48.6 Å². The van der Waals surface area contributed by atoms with E-state index in [2.05, 4.69) is 6.58 Å². The van der Waals surface area contributed by atoms with Crippen LogP contribution >= 0.6 is 0 Å². The molecular weight excluding hydrogens is 304 g/mol. The minimum atomic E-state index is -0.427. The Morgan fingerprint density at radius 2 is 1.88 bits per heavy atom. The molecule has 0 bridgehead atoms. The molecule has 0 aromatic heterocycles. The molecular formula is C19H24N2O3. The van der Waals surface area contributed by atoms with E-state index in [0.717, 1.165) is 24.8 Å². The van der Waals surface area contributed by atoms with Crippen molar-refractivity contribution in [3.63, 3.8) is 0 Å². The zero-order chi connectivity index (χ0) is 17.0. The van der Waals surface area contributed by atoms with Crippen LogP contribution in [0.4, 0.5) is 0 Å². The van der Waals surface area contributed by atoms with E-state index in [1.54, 1.807) is 16.1 Å². The van der Waals surface area contributed by atoms with E-state index < -0.39 is 5.41 Å². The van der Waals surface area contributed by atoms with E-state index in [4.69, 9.17) is 4.74 Å². The number of nitrogens with zero attached hydrogens (tertiary/aromatic N) is 2. The molecule has 0 N–H and O–H groups in total. The van der Waals surface area contributed by atoms with E-state index in [-0.39, 0.29) is 18.2 Å². The van der Waals surface area contributed by atoms with Gasteiger partial charge in [0.25, 0.3) is 5.91 Å². The number of rotatable bonds is 7. The smallest absolute Gasteiger partial charge is 0.251 e. The fourth-order valence-electron chi connectivity index (χ4n) is 3.29. The molecule has 0 radical (unpaired) electrons. The average molecular weight is 328 g/mol. The fourth-order valence-corrected chi connectivity index (χ4v) is 3.29. The molecule has 1 saturated carbocycles. The molecule has 1 saturated heterocycles. The van der Waals surface area contributed by atoms with Crippen LogP contribution < -0.4 is 0 Å². The van der Waals surface area contributed by atoms with E-state index in [1.165, 1.54) is 0 Å². The second-order valence-electron chi connectivity index (χ2n) is 6.36. The Labute approximate surface area is 142 Å². The van der Waals surface area contributed by atoms with Crippen LogP contribution in [0.15, 0.2) is 43.0 Å². The normalized spacial score (nSPS) is 18.5. The zero-order valence-corrected chi connectivity index (χ0v) is 13.9. The van der Waals surface area contributed by atoms with Crippen molar-refractivity contribution in [3.8, 4) is 0 Å². The maximum Gasteiger partial charge on any atom is 0.251 e. The third-order valence-electron chi connectivity index (χ3n) is 4.74. The molecule has 24 heavy (non-hydrogen) atoms. The highest BCUT2D eigenvalue weighted by atomic mass is 16.5. The molecule has 2 amide bonds. The standard InChI is InChI=1S/C19H24N2O3/c1-2-14-24-15-9-17(22)20-12-6-13-21(20)18(23)19(10-11-19)16-7-4-3-5-8-16/h2-5,7-8H,1,6,9-15H2. The van der Waals surface area contributed by atoms with Gasteiger partial charge in [-0.1, -0.05) is 36.4 Å². The van der Waals surface area contributed by atoms with Crippen LogP contribution in [0, 0.1) is 0 Å². The lowest BCUT2D eigenvalue weighted by Crippen LogP contribution is -2.49. The number of hydrazine groups is 1. The first-order valence-electron chi connectivity index (χ1n) is 8.55. The first-order valence-corrected chi connectivity index (χ1v) is 8.55. The fraction of sp³-hybridized carbons (Fsp3) is 0.474. The number of ether oxygens (including phenoxy) is 1. The molecule has 2 fully saturated rings. The Bertz CT molecular complexity index is 610. The Morgan fingerprint density at radius 1 is 1.17 bits per heavy atom. The summed E-state index contributed by atoms with van der Waals surface area (Å²) in [5, 5.41) is 3.28.